The molecule has 0 spiro atoms. The van der Waals surface area contributed by atoms with E-state index in [-0.39, 0.29) is 11.5 Å². The summed E-state index contributed by atoms with van der Waals surface area (Å²) in [6.07, 6.45) is 5.13. The highest BCUT2D eigenvalue weighted by Gasteiger charge is 2.12. The summed E-state index contributed by atoms with van der Waals surface area (Å²) in [6.45, 7) is 0.901. The van der Waals surface area contributed by atoms with Crippen LogP contribution in [0.15, 0.2) is 47.5 Å². The zero-order valence-corrected chi connectivity index (χ0v) is 17.9. The number of benzene rings is 1. The lowest BCUT2D eigenvalue weighted by Crippen LogP contribution is -2.24. The maximum atomic E-state index is 13.0. The molecule has 9 heteroatoms. The molecule has 3 aromatic heterocycles. The third kappa shape index (κ3) is 4.51. The first kappa shape index (κ1) is 20.8. The molecule has 1 amide bonds. The summed E-state index contributed by atoms with van der Waals surface area (Å²) in [5.74, 6) is 0.681. The number of fused-ring (bicyclic) bond motifs is 3. The molecule has 0 saturated heterocycles. The number of aromatic amines is 2. The number of hydrogen-bond acceptors (Lipinski definition) is 5. The van der Waals surface area contributed by atoms with Crippen molar-refractivity contribution in [1.29, 1.82) is 0 Å². The Labute approximate surface area is 183 Å². The molecular weight excluding hydrogens is 414 g/mol. The molecule has 31 heavy (non-hydrogen) atoms. The van der Waals surface area contributed by atoms with Gasteiger partial charge in [0, 0.05) is 42.8 Å². The number of rotatable bonds is 8. The van der Waals surface area contributed by atoms with Crippen molar-refractivity contribution in [3.8, 4) is 5.75 Å². The van der Waals surface area contributed by atoms with Gasteiger partial charge in [0.1, 0.15) is 11.3 Å². The highest BCUT2D eigenvalue weighted by atomic mass is 32.1. The Kier molecular flexibility index (Phi) is 6.13. The van der Waals surface area contributed by atoms with Gasteiger partial charge in [-0.05, 0) is 54.9 Å². The van der Waals surface area contributed by atoms with Gasteiger partial charge < -0.3 is 20.0 Å². The predicted octanol–water partition coefficient (Wildman–Crippen LogP) is 3.43. The SMILES string of the molecule is COc1ccc2[nH]c3c(=O)n(CCCCC(=O)NCc4cccnc4)c(=S)[nH]c3c2c1. The number of methoxy groups -OCH3 is 1. The van der Waals surface area contributed by atoms with Gasteiger partial charge >= 0.3 is 0 Å². The summed E-state index contributed by atoms with van der Waals surface area (Å²) in [5, 5.41) is 3.74. The van der Waals surface area contributed by atoms with E-state index in [1.807, 2.05) is 30.3 Å². The van der Waals surface area contributed by atoms with Crippen molar-refractivity contribution in [1.82, 2.24) is 24.8 Å². The molecule has 0 aliphatic carbocycles. The van der Waals surface area contributed by atoms with Gasteiger partial charge in [-0.1, -0.05) is 6.07 Å². The number of hydrogen-bond donors (Lipinski definition) is 3. The Morgan fingerprint density at radius 1 is 1.23 bits per heavy atom. The lowest BCUT2D eigenvalue weighted by Gasteiger charge is -2.07. The summed E-state index contributed by atoms with van der Waals surface area (Å²) in [6, 6.07) is 9.33. The van der Waals surface area contributed by atoms with Crippen molar-refractivity contribution in [2.24, 2.45) is 0 Å². The first-order valence-electron chi connectivity index (χ1n) is 10.0. The summed E-state index contributed by atoms with van der Waals surface area (Å²) >= 11 is 5.43. The van der Waals surface area contributed by atoms with Gasteiger partial charge in [-0.3, -0.25) is 19.1 Å². The molecule has 0 aliphatic heterocycles. The van der Waals surface area contributed by atoms with Gasteiger partial charge in [0.05, 0.1) is 12.6 Å². The Balaban J connectivity index is 1.40. The van der Waals surface area contributed by atoms with Crippen LogP contribution in [-0.4, -0.2) is 32.5 Å². The lowest BCUT2D eigenvalue weighted by molar-refractivity contribution is -0.121. The van der Waals surface area contributed by atoms with E-state index in [0.29, 0.717) is 53.9 Å². The standard InChI is InChI=1S/C22H23N5O3S/c1-30-15-7-8-17-16(11-15)19-20(25-17)21(29)27(22(31)26-19)10-3-2-6-18(28)24-13-14-5-4-9-23-12-14/h4-5,7-9,11-12,25H,2-3,6,10,13H2,1H3,(H,24,28)(H,26,31). The fourth-order valence-electron chi connectivity index (χ4n) is 3.54. The molecule has 0 unspecified atom stereocenters. The number of ether oxygens (including phenoxy) is 1. The monoisotopic (exact) mass is 437 g/mol. The molecular formula is C22H23N5O3S. The first-order valence-corrected chi connectivity index (χ1v) is 10.5. The minimum absolute atomic E-state index is 0.0265. The molecule has 0 atom stereocenters. The van der Waals surface area contributed by atoms with Crippen LogP contribution >= 0.6 is 12.2 Å². The predicted molar refractivity (Wildman–Crippen MR) is 122 cm³/mol. The fraction of sp³-hybridized carbons (Fsp3) is 0.273. The van der Waals surface area contributed by atoms with Crippen LogP contribution in [0.4, 0.5) is 0 Å². The van der Waals surface area contributed by atoms with Crippen LogP contribution in [0.2, 0.25) is 0 Å². The van der Waals surface area contributed by atoms with E-state index in [9.17, 15) is 9.59 Å². The minimum atomic E-state index is -0.171. The van der Waals surface area contributed by atoms with Crippen molar-refractivity contribution >= 4 is 40.1 Å². The van der Waals surface area contributed by atoms with Crippen LogP contribution in [-0.2, 0) is 17.9 Å². The van der Waals surface area contributed by atoms with Gasteiger partial charge in [0.15, 0.2) is 4.77 Å². The molecule has 0 aliphatic rings. The summed E-state index contributed by atoms with van der Waals surface area (Å²) in [7, 11) is 1.60. The van der Waals surface area contributed by atoms with E-state index in [4.69, 9.17) is 17.0 Å². The number of carbonyl (C=O) groups excluding carboxylic acids is 1. The number of amides is 1. The maximum Gasteiger partial charge on any atom is 0.278 e. The number of carbonyl (C=O) groups is 1. The molecule has 0 saturated carbocycles. The van der Waals surface area contributed by atoms with Gasteiger partial charge in [0.25, 0.3) is 5.56 Å². The fourth-order valence-corrected chi connectivity index (χ4v) is 3.82. The summed E-state index contributed by atoms with van der Waals surface area (Å²) < 4.78 is 7.18. The van der Waals surface area contributed by atoms with Crippen LogP contribution < -0.4 is 15.6 Å². The number of nitrogens with zero attached hydrogens (tertiary/aromatic N) is 2. The van der Waals surface area contributed by atoms with Crippen molar-refractivity contribution < 1.29 is 9.53 Å². The van der Waals surface area contributed by atoms with Crippen molar-refractivity contribution in [3.05, 3.63) is 63.4 Å². The highest BCUT2D eigenvalue weighted by molar-refractivity contribution is 7.71. The van der Waals surface area contributed by atoms with E-state index in [0.717, 1.165) is 16.5 Å². The highest BCUT2D eigenvalue weighted by Crippen LogP contribution is 2.25. The third-order valence-electron chi connectivity index (χ3n) is 5.19. The zero-order chi connectivity index (χ0) is 21.8. The van der Waals surface area contributed by atoms with Crippen molar-refractivity contribution in [2.75, 3.05) is 7.11 Å². The number of pyridine rings is 1. The molecule has 0 radical (unpaired) electrons. The second-order valence-corrected chi connectivity index (χ2v) is 7.66. The van der Waals surface area contributed by atoms with Gasteiger partial charge in [0.2, 0.25) is 5.91 Å². The van der Waals surface area contributed by atoms with Crippen LogP contribution in [0.25, 0.3) is 21.9 Å². The molecule has 0 fully saturated rings. The average Bonchev–Trinajstić information content (AvgIpc) is 3.15. The zero-order valence-electron chi connectivity index (χ0n) is 17.1. The van der Waals surface area contributed by atoms with E-state index in [1.54, 1.807) is 19.5 Å². The smallest absolute Gasteiger partial charge is 0.278 e. The number of unbranched alkanes of at least 4 members (excludes halogenated alkanes) is 1. The lowest BCUT2D eigenvalue weighted by atomic mass is 10.2. The molecule has 3 N–H and O–H groups in total. The van der Waals surface area contributed by atoms with Crippen LogP contribution in [0.5, 0.6) is 5.75 Å². The quantitative estimate of drug-likeness (QED) is 0.289. The van der Waals surface area contributed by atoms with Gasteiger partial charge in [-0.2, -0.15) is 0 Å². The molecule has 4 rings (SSSR count). The number of nitrogens with one attached hydrogen (secondary N) is 3. The van der Waals surface area contributed by atoms with E-state index < -0.39 is 0 Å². The maximum absolute atomic E-state index is 13.0. The molecule has 160 valence electrons. The number of aromatic nitrogens is 4. The van der Waals surface area contributed by atoms with Crippen LogP contribution in [0.1, 0.15) is 24.8 Å². The van der Waals surface area contributed by atoms with Gasteiger partial charge in [-0.25, -0.2) is 0 Å². The molecule has 8 nitrogen and oxygen atoms in total. The Hall–Kier alpha value is -3.46. The summed E-state index contributed by atoms with van der Waals surface area (Å²) in [5.41, 5.74) is 2.77. The van der Waals surface area contributed by atoms with Crippen molar-refractivity contribution in [2.45, 2.75) is 32.4 Å². The second-order valence-electron chi connectivity index (χ2n) is 7.27. The van der Waals surface area contributed by atoms with Crippen LogP contribution in [0.3, 0.4) is 0 Å². The minimum Gasteiger partial charge on any atom is -0.497 e. The molecule has 0 bridgehead atoms. The number of H-pyrrole nitrogens is 2. The Bertz CT molecular complexity index is 1340. The van der Waals surface area contributed by atoms with E-state index >= 15 is 0 Å². The molecule has 1 aromatic carbocycles. The third-order valence-corrected chi connectivity index (χ3v) is 5.51. The van der Waals surface area contributed by atoms with Crippen molar-refractivity contribution in [3.63, 3.8) is 0 Å². The largest absolute Gasteiger partial charge is 0.497 e. The second kappa shape index (κ2) is 9.13. The molecule has 3 heterocycles. The van der Waals surface area contributed by atoms with E-state index in [2.05, 4.69) is 20.3 Å². The first-order chi connectivity index (χ1) is 15.1. The summed E-state index contributed by atoms with van der Waals surface area (Å²) in [4.78, 5) is 35.4. The van der Waals surface area contributed by atoms with Crippen LogP contribution in [0, 0.1) is 4.77 Å². The Morgan fingerprint density at radius 2 is 2.10 bits per heavy atom. The van der Waals surface area contributed by atoms with E-state index in [1.165, 1.54) is 4.57 Å². The molecule has 4 aromatic rings. The van der Waals surface area contributed by atoms with Gasteiger partial charge in [-0.15, -0.1) is 0 Å². The normalized spacial score (nSPS) is 11.1. The topological polar surface area (TPSA) is 105 Å². The Morgan fingerprint density at radius 3 is 2.87 bits per heavy atom. The average molecular weight is 438 g/mol.